The zero-order valence-corrected chi connectivity index (χ0v) is 8.74. The molecule has 0 aliphatic rings. The van der Waals surface area contributed by atoms with Gasteiger partial charge in [-0.2, -0.15) is 0 Å². The van der Waals surface area contributed by atoms with Gasteiger partial charge in [0, 0.05) is 12.8 Å². The molecular formula is C11H20O. The van der Waals surface area contributed by atoms with E-state index in [0.29, 0.717) is 18.6 Å². The second-order valence-corrected chi connectivity index (χ2v) is 4.73. The van der Waals surface area contributed by atoms with Crippen LogP contribution >= 0.6 is 0 Å². The number of ketones is 1. The Morgan fingerprint density at radius 3 is 2.08 bits per heavy atom. The van der Waals surface area contributed by atoms with Crippen molar-refractivity contribution in [3.05, 3.63) is 12.2 Å². The lowest BCUT2D eigenvalue weighted by atomic mass is 9.88. The van der Waals surface area contributed by atoms with Crippen LogP contribution in [0.4, 0.5) is 0 Å². The lowest BCUT2D eigenvalue weighted by Crippen LogP contribution is -2.12. The largest absolute Gasteiger partial charge is 0.300 e. The highest BCUT2D eigenvalue weighted by Gasteiger charge is 2.15. The fourth-order valence-corrected chi connectivity index (χ4v) is 1.03. The smallest absolute Gasteiger partial charge is 0.133 e. The lowest BCUT2D eigenvalue weighted by Gasteiger charge is -2.16. The molecule has 0 rings (SSSR count). The van der Waals surface area contributed by atoms with Crippen LogP contribution in [0.2, 0.25) is 0 Å². The molecule has 0 spiro atoms. The van der Waals surface area contributed by atoms with Crippen LogP contribution in [0.25, 0.3) is 0 Å². The Kier molecular flexibility index (Phi) is 4.22. The van der Waals surface area contributed by atoms with Gasteiger partial charge in [0.2, 0.25) is 0 Å². The Morgan fingerprint density at radius 2 is 1.75 bits per heavy atom. The van der Waals surface area contributed by atoms with Gasteiger partial charge < -0.3 is 0 Å². The van der Waals surface area contributed by atoms with Crippen molar-refractivity contribution in [2.75, 3.05) is 0 Å². The quantitative estimate of drug-likeness (QED) is 0.588. The molecule has 0 fully saturated rings. The number of carbonyl (C=O) groups is 1. The molecule has 0 saturated carbocycles. The molecule has 0 heterocycles. The molecule has 0 aliphatic heterocycles. The van der Waals surface area contributed by atoms with Gasteiger partial charge >= 0.3 is 0 Å². The van der Waals surface area contributed by atoms with Crippen LogP contribution in [0.1, 0.15) is 47.0 Å². The molecule has 0 N–H and O–H groups in total. The minimum atomic E-state index is 0.131. The molecule has 0 aromatic heterocycles. The molecule has 12 heavy (non-hydrogen) atoms. The summed E-state index contributed by atoms with van der Waals surface area (Å²) in [4.78, 5) is 11.3. The van der Waals surface area contributed by atoms with Crippen molar-refractivity contribution in [2.24, 2.45) is 5.41 Å². The zero-order chi connectivity index (χ0) is 9.78. The first-order valence-electron chi connectivity index (χ1n) is 4.47. The number of allylic oxidation sites excluding steroid dienone is 1. The predicted molar refractivity (Wildman–Crippen MR) is 53.1 cm³/mol. The van der Waals surface area contributed by atoms with Gasteiger partial charge in [0.15, 0.2) is 0 Å². The summed E-state index contributed by atoms with van der Waals surface area (Å²) in [6.45, 7) is 12.0. The Balaban J connectivity index is 3.68. The third-order valence-electron chi connectivity index (χ3n) is 1.56. The molecule has 1 nitrogen and oxygen atoms in total. The highest BCUT2D eigenvalue weighted by Crippen LogP contribution is 2.20. The summed E-state index contributed by atoms with van der Waals surface area (Å²) in [6, 6.07) is 0. The average Bonchev–Trinajstić information content (AvgIpc) is 1.79. The Morgan fingerprint density at radius 1 is 1.25 bits per heavy atom. The first-order chi connectivity index (χ1) is 5.31. The molecule has 0 atom stereocenters. The van der Waals surface area contributed by atoms with E-state index in [1.807, 2.05) is 6.92 Å². The van der Waals surface area contributed by atoms with Gasteiger partial charge in [0.25, 0.3) is 0 Å². The summed E-state index contributed by atoms with van der Waals surface area (Å²) in [5.74, 6) is 0.352. The number of Topliss-reactive ketones (excluding diaryl/α,β-unsaturated/α-hetero) is 1. The molecule has 0 aromatic rings. The van der Waals surface area contributed by atoms with Crippen LogP contribution in [0.15, 0.2) is 12.2 Å². The summed E-state index contributed by atoms with van der Waals surface area (Å²) >= 11 is 0. The zero-order valence-electron chi connectivity index (χ0n) is 8.74. The van der Waals surface area contributed by atoms with Gasteiger partial charge in [-0.05, 0) is 18.8 Å². The second kappa shape index (κ2) is 4.44. The maximum atomic E-state index is 11.3. The highest BCUT2D eigenvalue weighted by atomic mass is 16.1. The molecule has 70 valence electrons. The molecule has 0 saturated heterocycles. The third-order valence-corrected chi connectivity index (χ3v) is 1.56. The Hall–Kier alpha value is -0.590. The van der Waals surface area contributed by atoms with Gasteiger partial charge in [-0.25, -0.2) is 0 Å². The van der Waals surface area contributed by atoms with Crippen LogP contribution in [0, 0.1) is 5.41 Å². The third kappa shape index (κ3) is 7.52. The van der Waals surface area contributed by atoms with Crippen molar-refractivity contribution in [1.82, 2.24) is 0 Å². The number of rotatable bonds is 4. The molecular weight excluding hydrogens is 148 g/mol. The molecule has 0 bridgehead atoms. The van der Waals surface area contributed by atoms with Crippen molar-refractivity contribution in [2.45, 2.75) is 47.0 Å². The van der Waals surface area contributed by atoms with Gasteiger partial charge in [0.05, 0.1) is 0 Å². The van der Waals surface area contributed by atoms with E-state index in [9.17, 15) is 4.79 Å². The van der Waals surface area contributed by atoms with Crippen LogP contribution in [0.3, 0.4) is 0 Å². The van der Waals surface area contributed by atoms with E-state index in [0.717, 1.165) is 12.0 Å². The van der Waals surface area contributed by atoms with Gasteiger partial charge in [-0.15, -0.1) is 6.58 Å². The topological polar surface area (TPSA) is 17.1 Å². The van der Waals surface area contributed by atoms with Crippen LogP contribution in [-0.4, -0.2) is 5.78 Å². The number of hydrogen-bond donors (Lipinski definition) is 0. The van der Waals surface area contributed by atoms with Gasteiger partial charge in [-0.1, -0.05) is 26.3 Å². The first-order valence-corrected chi connectivity index (χ1v) is 4.47. The normalized spacial score (nSPS) is 11.3. The molecule has 0 radical (unpaired) electrons. The maximum Gasteiger partial charge on any atom is 0.133 e. The molecule has 0 aromatic carbocycles. The predicted octanol–water partition coefficient (Wildman–Crippen LogP) is 3.35. The van der Waals surface area contributed by atoms with Crippen molar-refractivity contribution in [1.29, 1.82) is 0 Å². The summed E-state index contributed by atoms with van der Waals surface area (Å²) in [5, 5.41) is 0. The van der Waals surface area contributed by atoms with Crippen LogP contribution in [0.5, 0.6) is 0 Å². The van der Waals surface area contributed by atoms with Crippen molar-refractivity contribution in [3.63, 3.8) is 0 Å². The van der Waals surface area contributed by atoms with E-state index in [2.05, 4.69) is 27.4 Å². The number of hydrogen-bond acceptors (Lipinski definition) is 1. The van der Waals surface area contributed by atoms with Crippen molar-refractivity contribution in [3.8, 4) is 0 Å². The summed E-state index contributed by atoms with van der Waals surface area (Å²) in [7, 11) is 0. The fourth-order valence-electron chi connectivity index (χ4n) is 1.03. The number of carbonyl (C=O) groups excluding carboxylic acids is 1. The molecule has 0 amide bonds. The second-order valence-electron chi connectivity index (χ2n) is 4.73. The highest BCUT2D eigenvalue weighted by molar-refractivity contribution is 5.79. The monoisotopic (exact) mass is 168 g/mol. The minimum absolute atomic E-state index is 0.131. The standard InChI is InChI=1S/C11H20O/c1-9(2)6-7-10(12)8-11(3,4)5/h1,6-8H2,2-5H3. The molecule has 1 heteroatoms. The minimum Gasteiger partial charge on any atom is -0.300 e. The maximum absolute atomic E-state index is 11.3. The summed E-state index contributed by atoms with van der Waals surface area (Å²) < 4.78 is 0. The SMILES string of the molecule is C=C(C)CCC(=O)CC(C)(C)C. The van der Waals surface area contributed by atoms with E-state index < -0.39 is 0 Å². The van der Waals surface area contributed by atoms with E-state index in [4.69, 9.17) is 0 Å². The van der Waals surface area contributed by atoms with E-state index in [1.54, 1.807) is 0 Å². The Bertz CT molecular complexity index is 172. The average molecular weight is 168 g/mol. The van der Waals surface area contributed by atoms with Crippen molar-refractivity contribution >= 4 is 5.78 Å². The molecule has 0 aliphatic carbocycles. The van der Waals surface area contributed by atoms with Crippen molar-refractivity contribution < 1.29 is 4.79 Å². The van der Waals surface area contributed by atoms with E-state index in [1.165, 1.54) is 0 Å². The first kappa shape index (κ1) is 11.4. The van der Waals surface area contributed by atoms with E-state index >= 15 is 0 Å². The molecule has 0 unspecified atom stereocenters. The van der Waals surface area contributed by atoms with Gasteiger partial charge in [-0.3, -0.25) is 4.79 Å². The Labute approximate surface area is 75.9 Å². The summed E-state index contributed by atoms with van der Waals surface area (Å²) in [5.41, 5.74) is 1.23. The van der Waals surface area contributed by atoms with Crippen LogP contribution in [-0.2, 0) is 4.79 Å². The van der Waals surface area contributed by atoms with E-state index in [-0.39, 0.29) is 5.41 Å². The lowest BCUT2D eigenvalue weighted by molar-refractivity contribution is -0.120. The van der Waals surface area contributed by atoms with Crippen LogP contribution < -0.4 is 0 Å². The van der Waals surface area contributed by atoms with Gasteiger partial charge in [0.1, 0.15) is 5.78 Å². The summed E-state index contributed by atoms with van der Waals surface area (Å²) in [6.07, 6.45) is 2.18. The fraction of sp³-hybridized carbons (Fsp3) is 0.727.